The highest BCUT2D eigenvalue weighted by Crippen LogP contribution is 2.27. The first-order valence-electron chi connectivity index (χ1n) is 9.24. The van der Waals surface area contributed by atoms with Crippen molar-refractivity contribution >= 4 is 22.7 Å². The summed E-state index contributed by atoms with van der Waals surface area (Å²) in [6, 6.07) is 21.6. The van der Waals surface area contributed by atoms with E-state index < -0.39 is 5.91 Å². The van der Waals surface area contributed by atoms with Crippen molar-refractivity contribution in [2.75, 3.05) is 6.61 Å². The Bertz CT molecular complexity index is 1210. The van der Waals surface area contributed by atoms with Gasteiger partial charge in [-0.3, -0.25) is 15.0 Å². The third-order valence-corrected chi connectivity index (χ3v) is 4.53. The number of benzene rings is 2. The molecular formula is C23H18N4O3. The molecule has 0 unspecified atom stereocenters. The molecule has 0 bridgehead atoms. The molecule has 2 heterocycles. The number of aromatic nitrogens is 2. The Labute approximate surface area is 172 Å². The SMILES string of the molecule is NNC(=O)COc1ccc(C(=O)c2cc3cccnc3nc2-c2ccccc2)cc1. The Morgan fingerprint density at radius 1 is 0.967 bits per heavy atom. The minimum Gasteiger partial charge on any atom is -0.484 e. The van der Waals surface area contributed by atoms with Crippen LogP contribution in [-0.4, -0.2) is 28.3 Å². The van der Waals surface area contributed by atoms with Crippen LogP contribution in [0.1, 0.15) is 15.9 Å². The molecule has 0 spiro atoms. The topological polar surface area (TPSA) is 107 Å². The Balaban J connectivity index is 1.71. The molecule has 0 atom stereocenters. The summed E-state index contributed by atoms with van der Waals surface area (Å²) in [4.78, 5) is 33.5. The number of fused-ring (bicyclic) bond motifs is 1. The normalized spacial score (nSPS) is 10.6. The van der Waals surface area contributed by atoms with Gasteiger partial charge in [-0.25, -0.2) is 15.8 Å². The predicted molar refractivity (Wildman–Crippen MR) is 113 cm³/mol. The van der Waals surface area contributed by atoms with E-state index in [1.165, 1.54) is 0 Å². The molecule has 4 rings (SSSR count). The summed E-state index contributed by atoms with van der Waals surface area (Å²) in [6.45, 7) is -0.205. The zero-order chi connectivity index (χ0) is 20.9. The van der Waals surface area contributed by atoms with E-state index in [0.717, 1.165) is 10.9 Å². The van der Waals surface area contributed by atoms with Gasteiger partial charge in [0.2, 0.25) is 0 Å². The molecule has 0 aliphatic heterocycles. The van der Waals surface area contributed by atoms with Crippen LogP contribution in [0, 0.1) is 0 Å². The summed E-state index contributed by atoms with van der Waals surface area (Å²) in [5, 5.41) is 0.785. The number of ether oxygens (including phenoxy) is 1. The molecule has 2 aromatic carbocycles. The van der Waals surface area contributed by atoms with E-state index in [1.54, 1.807) is 30.5 Å². The van der Waals surface area contributed by atoms with Crippen molar-refractivity contribution in [3.05, 3.63) is 90.1 Å². The first kappa shape index (κ1) is 19.2. The minimum atomic E-state index is -0.446. The van der Waals surface area contributed by atoms with E-state index in [9.17, 15) is 9.59 Å². The van der Waals surface area contributed by atoms with Crippen LogP contribution < -0.4 is 16.0 Å². The highest BCUT2D eigenvalue weighted by Gasteiger charge is 2.18. The molecule has 0 fully saturated rings. The van der Waals surface area contributed by atoms with E-state index >= 15 is 0 Å². The molecule has 0 aliphatic carbocycles. The van der Waals surface area contributed by atoms with E-state index in [0.29, 0.717) is 28.2 Å². The molecule has 0 saturated carbocycles. The fourth-order valence-electron chi connectivity index (χ4n) is 3.04. The van der Waals surface area contributed by atoms with Gasteiger partial charge in [0.1, 0.15) is 5.75 Å². The number of nitrogens with zero attached hydrogens (tertiary/aromatic N) is 2. The molecule has 0 aliphatic rings. The quantitative estimate of drug-likeness (QED) is 0.224. The number of hydrogen-bond donors (Lipinski definition) is 2. The van der Waals surface area contributed by atoms with Gasteiger partial charge in [-0.2, -0.15) is 0 Å². The molecule has 7 heteroatoms. The van der Waals surface area contributed by atoms with Gasteiger partial charge in [0.05, 0.1) is 5.69 Å². The third-order valence-electron chi connectivity index (χ3n) is 4.53. The lowest BCUT2D eigenvalue weighted by atomic mass is 9.97. The number of hydrogen-bond acceptors (Lipinski definition) is 6. The molecule has 30 heavy (non-hydrogen) atoms. The van der Waals surface area contributed by atoms with E-state index in [4.69, 9.17) is 10.6 Å². The fraction of sp³-hybridized carbons (Fsp3) is 0.0435. The maximum atomic E-state index is 13.3. The summed E-state index contributed by atoms with van der Waals surface area (Å²) in [7, 11) is 0. The highest BCUT2D eigenvalue weighted by molar-refractivity contribution is 6.13. The lowest BCUT2D eigenvalue weighted by Gasteiger charge is -2.11. The summed E-state index contributed by atoms with van der Waals surface area (Å²) in [5.41, 5.74) is 4.94. The van der Waals surface area contributed by atoms with E-state index in [1.807, 2.05) is 54.0 Å². The average molecular weight is 398 g/mol. The maximum absolute atomic E-state index is 13.3. The molecule has 2 aromatic heterocycles. The number of nitrogens with one attached hydrogen (secondary N) is 1. The maximum Gasteiger partial charge on any atom is 0.271 e. The van der Waals surface area contributed by atoms with Gasteiger partial charge in [0, 0.05) is 28.3 Å². The zero-order valence-electron chi connectivity index (χ0n) is 15.9. The number of nitrogens with two attached hydrogens (primary N) is 1. The summed E-state index contributed by atoms with van der Waals surface area (Å²) in [6.07, 6.45) is 1.68. The van der Waals surface area contributed by atoms with Crippen LogP contribution in [0.25, 0.3) is 22.3 Å². The number of pyridine rings is 2. The van der Waals surface area contributed by atoms with Gasteiger partial charge in [-0.05, 0) is 42.5 Å². The van der Waals surface area contributed by atoms with Crippen molar-refractivity contribution in [2.45, 2.75) is 0 Å². The smallest absolute Gasteiger partial charge is 0.271 e. The van der Waals surface area contributed by atoms with Crippen LogP contribution in [0.5, 0.6) is 5.75 Å². The number of carbonyl (C=O) groups excluding carboxylic acids is 2. The van der Waals surface area contributed by atoms with Crippen LogP contribution in [0.2, 0.25) is 0 Å². The Morgan fingerprint density at radius 3 is 2.47 bits per heavy atom. The molecule has 4 aromatic rings. The molecule has 148 valence electrons. The summed E-state index contributed by atoms with van der Waals surface area (Å²) >= 11 is 0. The van der Waals surface area contributed by atoms with E-state index in [2.05, 4.69) is 9.97 Å². The standard InChI is InChI=1S/C23H18N4O3/c24-27-20(28)14-30-18-10-8-16(9-11-18)22(29)19-13-17-7-4-12-25-23(17)26-21(19)15-5-2-1-3-6-15/h1-13H,14,24H2,(H,27,28). The van der Waals surface area contributed by atoms with Crippen molar-refractivity contribution in [3.63, 3.8) is 0 Å². The van der Waals surface area contributed by atoms with Crippen LogP contribution in [0.3, 0.4) is 0 Å². The van der Waals surface area contributed by atoms with E-state index in [-0.39, 0.29) is 12.4 Å². The van der Waals surface area contributed by atoms with Gasteiger partial charge in [-0.1, -0.05) is 30.3 Å². The fourth-order valence-corrected chi connectivity index (χ4v) is 3.04. The van der Waals surface area contributed by atoms with Crippen LogP contribution in [0.15, 0.2) is 79.0 Å². The monoisotopic (exact) mass is 398 g/mol. The second kappa shape index (κ2) is 8.50. The van der Waals surface area contributed by atoms with Crippen LogP contribution in [-0.2, 0) is 4.79 Å². The van der Waals surface area contributed by atoms with Crippen LogP contribution in [0.4, 0.5) is 0 Å². The first-order chi connectivity index (χ1) is 14.7. The van der Waals surface area contributed by atoms with Crippen molar-refractivity contribution in [2.24, 2.45) is 5.84 Å². The lowest BCUT2D eigenvalue weighted by Crippen LogP contribution is -2.34. The third kappa shape index (κ3) is 4.01. The minimum absolute atomic E-state index is 0.168. The van der Waals surface area contributed by atoms with Crippen molar-refractivity contribution in [1.82, 2.24) is 15.4 Å². The lowest BCUT2D eigenvalue weighted by molar-refractivity contribution is -0.123. The summed E-state index contributed by atoms with van der Waals surface area (Å²) < 4.78 is 5.33. The molecular weight excluding hydrogens is 380 g/mol. The van der Waals surface area contributed by atoms with Crippen molar-refractivity contribution in [3.8, 4) is 17.0 Å². The van der Waals surface area contributed by atoms with Crippen molar-refractivity contribution < 1.29 is 14.3 Å². The zero-order valence-corrected chi connectivity index (χ0v) is 15.9. The Kier molecular flexibility index (Phi) is 5.45. The first-order valence-corrected chi connectivity index (χ1v) is 9.24. The number of ketones is 1. The van der Waals surface area contributed by atoms with Crippen LogP contribution >= 0.6 is 0 Å². The molecule has 3 N–H and O–H groups in total. The van der Waals surface area contributed by atoms with Gasteiger partial charge >= 0.3 is 0 Å². The highest BCUT2D eigenvalue weighted by atomic mass is 16.5. The second-order valence-corrected chi connectivity index (χ2v) is 6.51. The Morgan fingerprint density at radius 2 is 1.73 bits per heavy atom. The number of rotatable bonds is 6. The predicted octanol–water partition coefficient (Wildman–Crippen LogP) is 2.90. The number of carbonyl (C=O) groups is 2. The largest absolute Gasteiger partial charge is 0.484 e. The van der Waals surface area contributed by atoms with Gasteiger partial charge in [0.15, 0.2) is 18.0 Å². The van der Waals surface area contributed by atoms with Crippen molar-refractivity contribution in [1.29, 1.82) is 0 Å². The van der Waals surface area contributed by atoms with Gasteiger partial charge < -0.3 is 4.74 Å². The molecule has 0 saturated heterocycles. The molecule has 7 nitrogen and oxygen atoms in total. The van der Waals surface area contributed by atoms with Gasteiger partial charge in [0.25, 0.3) is 5.91 Å². The Hall–Kier alpha value is -4.10. The molecule has 0 radical (unpaired) electrons. The average Bonchev–Trinajstić information content (AvgIpc) is 2.82. The second-order valence-electron chi connectivity index (χ2n) is 6.51. The van der Waals surface area contributed by atoms with Gasteiger partial charge in [-0.15, -0.1) is 0 Å². The molecule has 1 amide bonds. The summed E-state index contributed by atoms with van der Waals surface area (Å²) in [5.74, 6) is 4.88. The number of amides is 1. The number of hydrazine groups is 1.